The van der Waals surface area contributed by atoms with Gasteiger partial charge < -0.3 is 0 Å². The van der Waals surface area contributed by atoms with Crippen molar-refractivity contribution in [1.82, 2.24) is 9.97 Å². The standard InChI is InChI=1S/C40H22N2S3/c1-2-4-26-19-36-33(17-25(26)3-1)38-39(44-36)34-18-29-10-9-28(16-31(29)20-37(34)45-38)32-21-41-40(42-22-32)24-7-5-23(6-8-24)27-11-12-35-30(15-27)13-14-43-35/h1-22H. The largest absolute Gasteiger partial charge is 0.236 e. The zero-order valence-electron chi connectivity index (χ0n) is 23.8. The fraction of sp³-hybridized carbons (Fsp3) is 0. The lowest BCUT2D eigenvalue weighted by atomic mass is 10.0. The van der Waals surface area contributed by atoms with E-state index in [9.17, 15) is 0 Å². The van der Waals surface area contributed by atoms with Crippen LogP contribution in [0.15, 0.2) is 133 Å². The summed E-state index contributed by atoms with van der Waals surface area (Å²) >= 11 is 5.60. The van der Waals surface area contributed by atoms with Crippen molar-refractivity contribution in [2.24, 2.45) is 0 Å². The Morgan fingerprint density at radius 1 is 0.400 bits per heavy atom. The summed E-state index contributed by atoms with van der Waals surface area (Å²) in [7, 11) is 0. The van der Waals surface area contributed by atoms with Crippen molar-refractivity contribution in [3.8, 4) is 33.6 Å². The van der Waals surface area contributed by atoms with Gasteiger partial charge in [-0.05, 0) is 97.5 Å². The van der Waals surface area contributed by atoms with Crippen LogP contribution in [0.1, 0.15) is 0 Å². The summed E-state index contributed by atoms with van der Waals surface area (Å²) in [6, 6.07) is 42.1. The van der Waals surface area contributed by atoms with E-state index < -0.39 is 0 Å². The number of hydrogen-bond acceptors (Lipinski definition) is 5. The van der Waals surface area contributed by atoms with Crippen LogP contribution in [0.5, 0.6) is 0 Å². The van der Waals surface area contributed by atoms with Crippen LogP contribution in [0.2, 0.25) is 0 Å². The lowest BCUT2D eigenvalue weighted by Crippen LogP contribution is -1.90. The predicted molar refractivity (Wildman–Crippen MR) is 197 cm³/mol. The lowest BCUT2D eigenvalue weighted by Gasteiger charge is -2.07. The fourth-order valence-corrected chi connectivity index (χ4v) is 9.92. The third-order valence-corrected chi connectivity index (χ3v) is 12.2. The van der Waals surface area contributed by atoms with Crippen LogP contribution >= 0.6 is 34.0 Å². The smallest absolute Gasteiger partial charge is 0.159 e. The Morgan fingerprint density at radius 3 is 1.73 bits per heavy atom. The normalized spacial score (nSPS) is 12.0. The van der Waals surface area contributed by atoms with Gasteiger partial charge in [-0.1, -0.05) is 66.7 Å². The summed E-state index contributed by atoms with van der Waals surface area (Å²) in [6.07, 6.45) is 3.88. The topological polar surface area (TPSA) is 25.8 Å². The molecule has 0 radical (unpaired) electrons. The second kappa shape index (κ2) is 9.78. The summed E-state index contributed by atoms with van der Waals surface area (Å²) in [5, 5.41) is 11.2. The van der Waals surface area contributed by atoms with Crippen LogP contribution in [0, 0.1) is 0 Å². The molecule has 210 valence electrons. The van der Waals surface area contributed by atoms with Crippen molar-refractivity contribution in [3.05, 3.63) is 133 Å². The highest BCUT2D eigenvalue weighted by Gasteiger charge is 2.14. The summed E-state index contributed by atoms with van der Waals surface area (Å²) < 4.78 is 6.81. The van der Waals surface area contributed by atoms with Crippen LogP contribution in [0.4, 0.5) is 0 Å². The van der Waals surface area contributed by atoms with Gasteiger partial charge in [-0.25, -0.2) is 9.97 Å². The number of hydrogen-bond donors (Lipinski definition) is 0. The lowest BCUT2D eigenvalue weighted by molar-refractivity contribution is 1.18. The average Bonchev–Trinajstić information content (AvgIpc) is 3.80. The number of thiophene rings is 3. The summed E-state index contributed by atoms with van der Waals surface area (Å²) in [6.45, 7) is 0. The number of benzene rings is 6. The third kappa shape index (κ3) is 4.12. The molecule has 0 spiro atoms. The third-order valence-electron chi connectivity index (χ3n) is 8.82. The van der Waals surface area contributed by atoms with E-state index in [0.717, 1.165) is 22.5 Å². The van der Waals surface area contributed by atoms with E-state index in [2.05, 4.69) is 121 Å². The van der Waals surface area contributed by atoms with Gasteiger partial charge >= 0.3 is 0 Å². The molecule has 45 heavy (non-hydrogen) atoms. The highest BCUT2D eigenvalue weighted by Crippen LogP contribution is 2.46. The van der Waals surface area contributed by atoms with E-state index in [-0.39, 0.29) is 0 Å². The Kier molecular flexibility index (Phi) is 5.52. The van der Waals surface area contributed by atoms with Crippen LogP contribution in [0.3, 0.4) is 0 Å². The Labute approximate surface area is 270 Å². The molecule has 10 rings (SSSR count). The van der Waals surface area contributed by atoms with E-state index in [1.165, 1.54) is 72.3 Å². The first-order valence-electron chi connectivity index (χ1n) is 14.9. The fourth-order valence-electron chi connectivity index (χ4n) is 6.45. The Bertz CT molecular complexity index is 2750. The quantitative estimate of drug-likeness (QED) is 0.195. The first-order valence-corrected chi connectivity index (χ1v) is 17.4. The molecule has 0 aliphatic rings. The minimum atomic E-state index is 0.736. The second-order valence-corrected chi connectivity index (χ2v) is 14.6. The highest BCUT2D eigenvalue weighted by molar-refractivity contribution is 7.36. The van der Waals surface area contributed by atoms with Gasteiger partial charge in [0.15, 0.2) is 5.82 Å². The van der Waals surface area contributed by atoms with Crippen LogP contribution in [0.25, 0.3) is 94.8 Å². The van der Waals surface area contributed by atoms with Gasteiger partial charge in [0.1, 0.15) is 0 Å². The highest BCUT2D eigenvalue weighted by atomic mass is 32.1. The molecule has 0 N–H and O–H groups in total. The van der Waals surface area contributed by atoms with Crippen molar-refractivity contribution in [2.45, 2.75) is 0 Å². The maximum Gasteiger partial charge on any atom is 0.159 e. The molecule has 0 saturated heterocycles. The Balaban J connectivity index is 0.972. The molecule has 6 aromatic carbocycles. The van der Waals surface area contributed by atoms with Gasteiger partial charge in [0, 0.05) is 48.4 Å². The van der Waals surface area contributed by atoms with Crippen molar-refractivity contribution < 1.29 is 0 Å². The molecule has 0 aliphatic heterocycles. The van der Waals surface area contributed by atoms with E-state index in [1.807, 2.05) is 35.1 Å². The van der Waals surface area contributed by atoms with E-state index in [4.69, 9.17) is 9.97 Å². The second-order valence-electron chi connectivity index (χ2n) is 11.5. The molecule has 0 saturated carbocycles. The molecule has 10 aromatic rings. The van der Waals surface area contributed by atoms with Gasteiger partial charge in [-0.15, -0.1) is 34.0 Å². The summed E-state index contributed by atoms with van der Waals surface area (Å²) in [4.78, 5) is 9.52. The first-order chi connectivity index (χ1) is 22.2. The minimum Gasteiger partial charge on any atom is -0.236 e. The Morgan fingerprint density at radius 2 is 0.978 bits per heavy atom. The minimum absolute atomic E-state index is 0.736. The SMILES string of the molecule is c1ccc2cc3c(cc2c1)sc1c2cc4ccc(-c5cnc(-c6ccc(-c7ccc8sccc8c7)cc6)nc5)cc4cc2sc31. The maximum absolute atomic E-state index is 4.76. The van der Waals surface area contributed by atoms with Crippen molar-refractivity contribution in [3.63, 3.8) is 0 Å². The zero-order chi connectivity index (χ0) is 29.5. The monoisotopic (exact) mass is 626 g/mol. The molecule has 2 nitrogen and oxygen atoms in total. The molecule has 0 bridgehead atoms. The molecule has 0 unspecified atom stereocenters. The van der Waals surface area contributed by atoms with Crippen LogP contribution < -0.4 is 0 Å². The van der Waals surface area contributed by atoms with E-state index in [1.54, 1.807) is 11.3 Å². The van der Waals surface area contributed by atoms with Gasteiger partial charge in [0.2, 0.25) is 0 Å². The molecule has 5 heteroatoms. The number of fused-ring (bicyclic) bond motifs is 8. The molecule has 0 fully saturated rings. The average molecular weight is 627 g/mol. The molecular formula is C40H22N2S3. The van der Waals surface area contributed by atoms with Crippen molar-refractivity contribution in [1.29, 1.82) is 0 Å². The van der Waals surface area contributed by atoms with Crippen LogP contribution in [-0.4, -0.2) is 9.97 Å². The number of aromatic nitrogens is 2. The molecule has 0 aliphatic carbocycles. The summed E-state index contributed by atoms with van der Waals surface area (Å²) in [5.41, 5.74) is 5.58. The zero-order valence-corrected chi connectivity index (χ0v) is 26.3. The van der Waals surface area contributed by atoms with Crippen molar-refractivity contribution in [2.75, 3.05) is 0 Å². The molecular weight excluding hydrogens is 605 g/mol. The van der Waals surface area contributed by atoms with E-state index in [0.29, 0.717) is 0 Å². The first kappa shape index (κ1) is 25.4. The molecule has 4 aromatic heterocycles. The number of rotatable bonds is 3. The Hall–Kier alpha value is -4.94. The molecule has 0 amide bonds. The summed E-state index contributed by atoms with van der Waals surface area (Å²) in [5.74, 6) is 0.736. The van der Waals surface area contributed by atoms with Gasteiger partial charge in [-0.2, -0.15) is 0 Å². The van der Waals surface area contributed by atoms with Crippen molar-refractivity contribution >= 4 is 95.2 Å². The molecule has 0 atom stereocenters. The van der Waals surface area contributed by atoms with Gasteiger partial charge in [-0.3, -0.25) is 0 Å². The van der Waals surface area contributed by atoms with Crippen LogP contribution in [-0.2, 0) is 0 Å². The van der Waals surface area contributed by atoms with Gasteiger partial charge in [0.05, 0.1) is 9.40 Å². The molecule has 4 heterocycles. The van der Waals surface area contributed by atoms with E-state index >= 15 is 0 Å². The number of nitrogens with zero attached hydrogens (tertiary/aromatic N) is 2. The maximum atomic E-state index is 4.76. The van der Waals surface area contributed by atoms with Gasteiger partial charge in [0.25, 0.3) is 0 Å². The predicted octanol–water partition coefficient (Wildman–Crippen LogP) is 12.6.